The fourth-order valence-corrected chi connectivity index (χ4v) is 2.81. The molecule has 2 heterocycles. The van der Waals surface area contributed by atoms with Crippen molar-refractivity contribution in [3.63, 3.8) is 0 Å². The second-order valence-corrected chi connectivity index (χ2v) is 6.37. The number of nitrogens with one attached hydrogen (secondary N) is 1. The molecule has 5 N–H and O–H groups in total. The van der Waals surface area contributed by atoms with Gasteiger partial charge in [0.25, 0.3) is 0 Å². The van der Waals surface area contributed by atoms with Crippen LogP contribution in [0.1, 0.15) is 12.5 Å². The van der Waals surface area contributed by atoms with Gasteiger partial charge >= 0.3 is 5.97 Å². The van der Waals surface area contributed by atoms with Crippen molar-refractivity contribution in [3.8, 4) is 0 Å². The van der Waals surface area contributed by atoms with E-state index in [1.54, 1.807) is 30.6 Å². The highest BCUT2D eigenvalue weighted by Gasteiger charge is 2.43. The van der Waals surface area contributed by atoms with Gasteiger partial charge in [0.15, 0.2) is 6.10 Å². The lowest BCUT2D eigenvalue weighted by Crippen LogP contribution is -2.60. The van der Waals surface area contributed by atoms with E-state index in [1.165, 1.54) is 13.0 Å². The van der Waals surface area contributed by atoms with Gasteiger partial charge in [-0.1, -0.05) is 18.2 Å². The number of carboxylic acid groups (broad SMARTS) is 1. The minimum Gasteiger partial charge on any atom is -0.478 e. The van der Waals surface area contributed by atoms with Crippen LogP contribution in [-0.2, 0) is 19.1 Å². The van der Waals surface area contributed by atoms with Gasteiger partial charge in [-0.05, 0) is 17.7 Å². The molecule has 1 aromatic heterocycles. The second-order valence-electron chi connectivity index (χ2n) is 6.37. The van der Waals surface area contributed by atoms with Crippen molar-refractivity contribution in [2.75, 3.05) is 13.2 Å². The molecule has 158 valence electrons. The molecule has 0 spiro atoms. The Bertz CT molecular complexity index is 752. The standard InChI is InChI=1S/C19H24N2O8/c1-11(23)21-16-14(28-7-3-5-12-4-2-6-20-9-12)8-15(19(26)27)29-18(16)17(25)13(24)10-22/h2-6,8-9,13-14,16-18,22,24-25H,7,10H2,1H3,(H,21,23)(H,26,27)/b5-3+/t13?,14?,16?,17?,18-/m1/s1. The normalized spacial score (nSPS) is 23.7. The molecule has 5 atom stereocenters. The first kappa shape index (κ1) is 22.5. The molecule has 1 aliphatic rings. The average molecular weight is 408 g/mol. The lowest BCUT2D eigenvalue weighted by Gasteiger charge is -2.39. The Morgan fingerprint density at radius 2 is 2.17 bits per heavy atom. The summed E-state index contributed by atoms with van der Waals surface area (Å²) in [6, 6.07) is 2.61. The number of aliphatic hydroxyl groups excluding tert-OH is 3. The van der Waals surface area contributed by atoms with Crippen LogP contribution in [0, 0.1) is 0 Å². The molecule has 0 bridgehead atoms. The van der Waals surface area contributed by atoms with Gasteiger partial charge in [-0.2, -0.15) is 0 Å². The predicted molar refractivity (Wildman–Crippen MR) is 100 cm³/mol. The second kappa shape index (κ2) is 10.7. The first-order valence-corrected chi connectivity index (χ1v) is 8.87. The Balaban J connectivity index is 2.21. The molecule has 0 fully saturated rings. The quantitative estimate of drug-likeness (QED) is 0.348. The minimum atomic E-state index is -1.67. The van der Waals surface area contributed by atoms with E-state index in [0.717, 1.165) is 5.56 Å². The molecule has 29 heavy (non-hydrogen) atoms. The number of aliphatic hydroxyl groups is 3. The van der Waals surface area contributed by atoms with E-state index < -0.39 is 54.7 Å². The Morgan fingerprint density at radius 3 is 2.76 bits per heavy atom. The van der Waals surface area contributed by atoms with Gasteiger partial charge in [-0.25, -0.2) is 4.79 Å². The van der Waals surface area contributed by atoms with Gasteiger partial charge in [-0.15, -0.1) is 0 Å². The number of hydrogen-bond donors (Lipinski definition) is 5. The maximum atomic E-state index is 11.6. The van der Waals surface area contributed by atoms with Crippen molar-refractivity contribution in [1.29, 1.82) is 0 Å². The van der Waals surface area contributed by atoms with Gasteiger partial charge in [0.2, 0.25) is 11.7 Å². The summed E-state index contributed by atoms with van der Waals surface area (Å²) in [7, 11) is 0. The summed E-state index contributed by atoms with van der Waals surface area (Å²) in [4.78, 5) is 27.0. The summed E-state index contributed by atoms with van der Waals surface area (Å²) in [6.45, 7) is 0.519. The smallest absolute Gasteiger partial charge is 0.370 e. The SMILES string of the molecule is CC(=O)NC1C(OC/C=C/c2cccnc2)C=C(C(=O)O)O[C@H]1C(O)C(O)CO. The van der Waals surface area contributed by atoms with Gasteiger partial charge < -0.3 is 35.2 Å². The average Bonchev–Trinajstić information content (AvgIpc) is 2.71. The van der Waals surface area contributed by atoms with Gasteiger partial charge in [0.05, 0.1) is 19.3 Å². The zero-order valence-electron chi connectivity index (χ0n) is 15.7. The molecular formula is C19H24N2O8. The van der Waals surface area contributed by atoms with E-state index >= 15 is 0 Å². The molecule has 0 saturated heterocycles. The number of pyridine rings is 1. The summed E-state index contributed by atoms with van der Waals surface area (Å²) in [5, 5.41) is 41.0. The molecule has 4 unspecified atom stereocenters. The predicted octanol–water partition coefficient (Wildman–Crippen LogP) is -0.934. The molecule has 1 amide bonds. The number of amides is 1. The van der Waals surface area contributed by atoms with Crippen LogP contribution in [0.5, 0.6) is 0 Å². The number of aromatic nitrogens is 1. The minimum absolute atomic E-state index is 0.0599. The van der Waals surface area contributed by atoms with E-state index in [4.69, 9.17) is 14.6 Å². The lowest BCUT2D eigenvalue weighted by atomic mass is 9.93. The number of rotatable bonds is 9. The van der Waals surface area contributed by atoms with Crippen LogP contribution in [0.15, 0.2) is 42.4 Å². The van der Waals surface area contributed by atoms with Crippen LogP contribution >= 0.6 is 0 Å². The highest BCUT2D eigenvalue weighted by atomic mass is 16.5. The van der Waals surface area contributed by atoms with Crippen molar-refractivity contribution < 1.29 is 39.5 Å². The van der Waals surface area contributed by atoms with Crippen LogP contribution in [-0.4, -0.2) is 81.0 Å². The van der Waals surface area contributed by atoms with E-state index in [2.05, 4.69) is 10.3 Å². The highest BCUT2D eigenvalue weighted by Crippen LogP contribution is 2.25. The zero-order valence-corrected chi connectivity index (χ0v) is 15.7. The van der Waals surface area contributed by atoms with Gasteiger partial charge in [0, 0.05) is 19.3 Å². The zero-order chi connectivity index (χ0) is 21.4. The Hall–Kier alpha value is -2.79. The van der Waals surface area contributed by atoms with Crippen molar-refractivity contribution in [3.05, 3.63) is 48.0 Å². The van der Waals surface area contributed by atoms with Crippen LogP contribution in [0.25, 0.3) is 6.08 Å². The highest BCUT2D eigenvalue weighted by molar-refractivity contribution is 5.84. The first-order valence-electron chi connectivity index (χ1n) is 8.87. The monoisotopic (exact) mass is 408 g/mol. The molecule has 0 aliphatic carbocycles. The Kier molecular flexibility index (Phi) is 8.28. The third kappa shape index (κ3) is 6.36. The number of ether oxygens (including phenoxy) is 2. The van der Waals surface area contributed by atoms with Gasteiger partial charge in [0.1, 0.15) is 18.3 Å². The maximum absolute atomic E-state index is 11.6. The van der Waals surface area contributed by atoms with Crippen molar-refractivity contribution in [2.45, 2.75) is 37.4 Å². The number of carbonyl (C=O) groups excluding carboxylic acids is 1. The van der Waals surface area contributed by atoms with E-state index in [9.17, 15) is 24.9 Å². The number of aliphatic carboxylic acids is 1. The summed E-state index contributed by atoms with van der Waals surface area (Å²) < 4.78 is 11.0. The van der Waals surface area contributed by atoms with E-state index in [-0.39, 0.29) is 6.61 Å². The third-order valence-corrected chi connectivity index (χ3v) is 4.16. The molecule has 1 aromatic rings. The van der Waals surface area contributed by atoms with Gasteiger partial charge in [-0.3, -0.25) is 9.78 Å². The summed E-state index contributed by atoms with van der Waals surface area (Å²) >= 11 is 0. The summed E-state index contributed by atoms with van der Waals surface area (Å²) in [6.07, 6.45) is 2.30. The number of hydrogen-bond acceptors (Lipinski definition) is 8. The van der Waals surface area contributed by atoms with E-state index in [0.29, 0.717) is 0 Å². The third-order valence-electron chi connectivity index (χ3n) is 4.16. The van der Waals surface area contributed by atoms with Crippen LogP contribution in [0.4, 0.5) is 0 Å². The molecular weight excluding hydrogens is 384 g/mol. The molecule has 10 nitrogen and oxygen atoms in total. The molecule has 1 aliphatic heterocycles. The van der Waals surface area contributed by atoms with Crippen LogP contribution < -0.4 is 5.32 Å². The van der Waals surface area contributed by atoms with Crippen LogP contribution in [0.2, 0.25) is 0 Å². The Morgan fingerprint density at radius 1 is 1.41 bits per heavy atom. The fraction of sp³-hybridized carbons (Fsp3) is 0.421. The molecule has 10 heteroatoms. The molecule has 0 aromatic carbocycles. The molecule has 2 rings (SSSR count). The fourth-order valence-electron chi connectivity index (χ4n) is 2.81. The molecule has 0 saturated carbocycles. The van der Waals surface area contributed by atoms with Crippen LogP contribution in [0.3, 0.4) is 0 Å². The van der Waals surface area contributed by atoms with E-state index in [1.807, 2.05) is 6.07 Å². The Labute approximate surface area is 167 Å². The van der Waals surface area contributed by atoms with Crippen molar-refractivity contribution in [1.82, 2.24) is 10.3 Å². The molecule has 0 radical (unpaired) electrons. The number of nitrogens with zero attached hydrogens (tertiary/aromatic N) is 1. The first-order chi connectivity index (χ1) is 13.8. The summed E-state index contributed by atoms with van der Waals surface area (Å²) in [5.41, 5.74) is 0.836. The van der Waals surface area contributed by atoms with Crippen molar-refractivity contribution in [2.24, 2.45) is 0 Å². The van der Waals surface area contributed by atoms with Crippen molar-refractivity contribution >= 4 is 18.0 Å². The lowest BCUT2D eigenvalue weighted by molar-refractivity contribution is -0.151. The number of carbonyl (C=O) groups is 2. The topological polar surface area (TPSA) is 158 Å². The number of carboxylic acids is 1. The maximum Gasteiger partial charge on any atom is 0.370 e. The summed E-state index contributed by atoms with van der Waals surface area (Å²) in [5.74, 6) is -2.37. The largest absolute Gasteiger partial charge is 0.478 e.